The molecule has 0 spiro atoms. The lowest BCUT2D eigenvalue weighted by Crippen LogP contribution is -2.08. The van der Waals surface area contributed by atoms with Crippen molar-refractivity contribution in [3.05, 3.63) is 0 Å². The van der Waals surface area contributed by atoms with Crippen molar-refractivity contribution in [1.29, 1.82) is 0 Å². The first-order valence-electron chi connectivity index (χ1n) is 6.72. The smallest absolute Gasteiger partial charge is 0.0487 e. The van der Waals surface area contributed by atoms with Crippen molar-refractivity contribution in [3.63, 3.8) is 0 Å². The molecule has 0 unspecified atom stereocenters. The van der Waals surface area contributed by atoms with Crippen LogP contribution < -0.4 is 0 Å². The molecule has 0 saturated heterocycles. The third kappa shape index (κ3) is 13.9. The molecule has 0 aliphatic carbocycles. The van der Waals surface area contributed by atoms with E-state index in [-0.39, 0.29) is 0 Å². The topological polar surface area (TPSA) is 18.5 Å². The Balaban J connectivity index is 2.99. The van der Waals surface area contributed by atoms with Crippen LogP contribution in [-0.2, 0) is 9.47 Å². The minimum Gasteiger partial charge on any atom is -0.381 e. The van der Waals surface area contributed by atoms with Crippen molar-refractivity contribution in [2.75, 3.05) is 26.4 Å². The Hall–Kier alpha value is -0.0800. The molecular weight excluding hydrogens is 200 g/mol. The van der Waals surface area contributed by atoms with Crippen molar-refractivity contribution in [2.45, 2.75) is 59.8 Å². The summed E-state index contributed by atoms with van der Waals surface area (Å²) in [5, 5.41) is 0. The lowest BCUT2D eigenvalue weighted by atomic mass is 9.91. The molecule has 0 amide bonds. The van der Waals surface area contributed by atoms with Crippen LogP contribution in [0.2, 0.25) is 0 Å². The van der Waals surface area contributed by atoms with E-state index < -0.39 is 0 Å². The molecule has 0 rings (SSSR count). The highest BCUT2D eigenvalue weighted by atomic mass is 16.5. The zero-order chi connectivity index (χ0) is 12.3. The summed E-state index contributed by atoms with van der Waals surface area (Å²) in [5.41, 5.74) is 0.437. The van der Waals surface area contributed by atoms with E-state index in [9.17, 15) is 0 Å². The summed E-state index contributed by atoms with van der Waals surface area (Å²) in [4.78, 5) is 0. The Morgan fingerprint density at radius 3 is 1.75 bits per heavy atom. The van der Waals surface area contributed by atoms with Gasteiger partial charge in [0.2, 0.25) is 0 Å². The Kier molecular flexibility index (Phi) is 10.0. The molecule has 0 N–H and O–H groups in total. The van der Waals surface area contributed by atoms with Gasteiger partial charge < -0.3 is 9.47 Å². The zero-order valence-corrected chi connectivity index (χ0v) is 11.7. The van der Waals surface area contributed by atoms with E-state index in [4.69, 9.17) is 9.47 Å². The van der Waals surface area contributed by atoms with Crippen molar-refractivity contribution in [3.8, 4) is 0 Å². The van der Waals surface area contributed by atoms with Crippen LogP contribution in [0, 0.1) is 5.41 Å². The molecule has 0 fully saturated rings. The van der Waals surface area contributed by atoms with E-state index in [2.05, 4.69) is 27.7 Å². The van der Waals surface area contributed by atoms with Crippen molar-refractivity contribution in [2.24, 2.45) is 5.41 Å². The van der Waals surface area contributed by atoms with Gasteiger partial charge in [0.05, 0.1) is 0 Å². The molecule has 0 aliphatic rings. The monoisotopic (exact) mass is 230 g/mol. The Morgan fingerprint density at radius 2 is 1.25 bits per heavy atom. The van der Waals surface area contributed by atoms with Gasteiger partial charge in [-0.3, -0.25) is 0 Å². The van der Waals surface area contributed by atoms with Gasteiger partial charge in [0.25, 0.3) is 0 Å². The Morgan fingerprint density at radius 1 is 0.750 bits per heavy atom. The predicted octanol–water partition coefficient (Wildman–Crippen LogP) is 4.04. The molecule has 0 aliphatic heterocycles. The van der Waals surface area contributed by atoms with Crippen LogP contribution in [0.5, 0.6) is 0 Å². The number of ether oxygens (including phenoxy) is 2. The fourth-order valence-electron chi connectivity index (χ4n) is 1.42. The third-order valence-electron chi connectivity index (χ3n) is 2.44. The van der Waals surface area contributed by atoms with E-state index in [1.165, 1.54) is 25.7 Å². The maximum Gasteiger partial charge on any atom is 0.0487 e. The molecule has 0 aromatic heterocycles. The molecule has 98 valence electrons. The van der Waals surface area contributed by atoms with Crippen molar-refractivity contribution in [1.82, 2.24) is 0 Å². The quantitative estimate of drug-likeness (QED) is 0.527. The lowest BCUT2D eigenvalue weighted by molar-refractivity contribution is 0.0774. The molecular formula is C14H30O2. The van der Waals surface area contributed by atoms with Gasteiger partial charge in [0.1, 0.15) is 0 Å². The first kappa shape index (κ1) is 15.9. The first-order valence-corrected chi connectivity index (χ1v) is 6.72. The average Bonchev–Trinajstić information content (AvgIpc) is 2.19. The lowest BCUT2D eigenvalue weighted by Gasteiger charge is -2.17. The summed E-state index contributed by atoms with van der Waals surface area (Å²) >= 11 is 0. The highest BCUT2D eigenvalue weighted by Gasteiger charge is 2.08. The predicted molar refractivity (Wildman–Crippen MR) is 69.9 cm³/mol. The van der Waals surface area contributed by atoms with Crippen LogP contribution >= 0.6 is 0 Å². The first-order chi connectivity index (χ1) is 7.56. The molecule has 0 saturated carbocycles. The van der Waals surface area contributed by atoms with Crippen LogP contribution in [0.1, 0.15) is 59.8 Å². The van der Waals surface area contributed by atoms with E-state index in [0.29, 0.717) is 5.41 Å². The van der Waals surface area contributed by atoms with E-state index in [1.54, 1.807) is 0 Å². The van der Waals surface area contributed by atoms with Crippen LogP contribution in [0.15, 0.2) is 0 Å². The van der Waals surface area contributed by atoms with Crippen LogP contribution in [-0.4, -0.2) is 26.4 Å². The Labute approximate surface area is 102 Å². The summed E-state index contributed by atoms with van der Waals surface area (Å²) in [6.45, 7) is 12.5. The Bertz CT molecular complexity index is 138. The standard InChI is InChI=1S/C14H30O2/c1-5-6-10-15-12-8-13-16-11-7-9-14(2,3)4/h5-13H2,1-4H3. The van der Waals surface area contributed by atoms with Crippen LogP contribution in [0.25, 0.3) is 0 Å². The highest BCUT2D eigenvalue weighted by Crippen LogP contribution is 2.20. The third-order valence-corrected chi connectivity index (χ3v) is 2.44. The number of unbranched alkanes of at least 4 members (excludes halogenated alkanes) is 1. The number of rotatable bonds is 10. The molecule has 0 aromatic carbocycles. The molecule has 0 aromatic rings. The summed E-state index contributed by atoms with van der Waals surface area (Å²) < 4.78 is 11.0. The van der Waals surface area contributed by atoms with E-state index in [1.807, 2.05) is 0 Å². The second-order valence-electron chi connectivity index (χ2n) is 5.60. The number of hydrogen-bond donors (Lipinski definition) is 0. The second kappa shape index (κ2) is 10.1. The van der Waals surface area contributed by atoms with Crippen molar-refractivity contribution < 1.29 is 9.47 Å². The van der Waals surface area contributed by atoms with Gasteiger partial charge in [-0.05, 0) is 31.1 Å². The normalized spacial score (nSPS) is 12.0. The molecule has 16 heavy (non-hydrogen) atoms. The van der Waals surface area contributed by atoms with Gasteiger partial charge in [-0.15, -0.1) is 0 Å². The maximum absolute atomic E-state index is 5.56. The molecule has 2 nitrogen and oxygen atoms in total. The summed E-state index contributed by atoms with van der Waals surface area (Å²) in [6.07, 6.45) is 5.81. The SMILES string of the molecule is CCCCOCCCOCCCC(C)(C)C. The van der Waals surface area contributed by atoms with Gasteiger partial charge in [-0.2, -0.15) is 0 Å². The van der Waals surface area contributed by atoms with Gasteiger partial charge in [-0.1, -0.05) is 34.1 Å². The summed E-state index contributed by atoms with van der Waals surface area (Å²) in [5.74, 6) is 0. The molecule has 0 heterocycles. The molecule has 0 atom stereocenters. The fraction of sp³-hybridized carbons (Fsp3) is 1.00. The van der Waals surface area contributed by atoms with E-state index >= 15 is 0 Å². The highest BCUT2D eigenvalue weighted by molar-refractivity contribution is 4.60. The second-order valence-corrected chi connectivity index (χ2v) is 5.60. The zero-order valence-electron chi connectivity index (χ0n) is 11.7. The van der Waals surface area contributed by atoms with Gasteiger partial charge >= 0.3 is 0 Å². The summed E-state index contributed by atoms with van der Waals surface area (Å²) in [7, 11) is 0. The minimum absolute atomic E-state index is 0.437. The van der Waals surface area contributed by atoms with Crippen molar-refractivity contribution >= 4 is 0 Å². The van der Waals surface area contributed by atoms with Gasteiger partial charge in [0.15, 0.2) is 0 Å². The van der Waals surface area contributed by atoms with Gasteiger partial charge in [0, 0.05) is 26.4 Å². The summed E-state index contributed by atoms with van der Waals surface area (Å²) in [6, 6.07) is 0. The van der Waals surface area contributed by atoms with Crippen LogP contribution in [0.4, 0.5) is 0 Å². The van der Waals surface area contributed by atoms with E-state index in [0.717, 1.165) is 32.8 Å². The molecule has 0 radical (unpaired) electrons. The fourth-order valence-corrected chi connectivity index (χ4v) is 1.42. The largest absolute Gasteiger partial charge is 0.381 e. The number of hydrogen-bond acceptors (Lipinski definition) is 2. The molecule has 2 heteroatoms. The molecule has 0 bridgehead atoms. The maximum atomic E-state index is 5.56. The van der Waals surface area contributed by atoms with Gasteiger partial charge in [-0.25, -0.2) is 0 Å². The minimum atomic E-state index is 0.437. The van der Waals surface area contributed by atoms with Crippen LogP contribution in [0.3, 0.4) is 0 Å². The average molecular weight is 230 g/mol.